The monoisotopic (exact) mass is 341 g/mol. The van der Waals surface area contributed by atoms with Crippen LogP contribution in [0.3, 0.4) is 0 Å². The zero-order chi connectivity index (χ0) is 17.8. The van der Waals surface area contributed by atoms with Crippen LogP contribution in [0, 0.1) is 12.8 Å². The molecule has 2 N–H and O–H groups in total. The van der Waals surface area contributed by atoms with Gasteiger partial charge in [0.1, 0.15) is 11.5 Å². The number of anilines is 1. The number of ether oxygens (including phenoxy) is 2. The molecule has 1 fully saturated rings. The Morgan fingerprint density at radius 2 is 1.80 bits per heavy atom. The van der Waals surface area contributed by atoms with E-state index in [1.807, 2.05) is 25.3 Å². The molecule has 134 valence electrons. The molecule has 1 aromatic heterocycles. The van der Waals surface area contributed by atoms with E-state index in [1.54, 1.807) is 14.2 Å². The molecule has 0 saturated heterocycles. The molecule has 5 heteroatoms. The summed E-state index contributed by atoms with van der Waals surface area (Å²) in [5, 5.41) is 0. The maximum absolute atomic E-state index is 5.90. The SMILES string of the molecule is COc1cc(-c2nc(N)ncc2CC2CCCCC2)c(OC)cc1C. The van der Waals surface area contributed by atoms with Gasteiger partial charge in [-0.2, -0.15) is 0 Å². The van der Waals surface area contributed by atoms with Gasteiger partial charge in [0.25, 0.3) is 0 Å². The summed E-state index contributed by atoms with van der Waals surface area (Å²) in [6.07, 6.45) is 9.39. The summed E-state index contributed by atoms with van der Waals surface area (Å²) in [5.41, 5.74) is 9.81. The van der Waals surface area contributed by atoms with Crippen molar-refractivity contribution >= 4 is 5.95 Å². The molecular weight excluding hydrogens is 314 g/mol. The van der Waals surface area contributed by atoms with Crippen LogP contribution in [0.2, 0.25) is 0 Å². The third-order valence-electron chi connectivity index (χ3n) is 5.09. The van der Waals surface area contributed by atoms with Gasteiger partial charge in [0.15, 0.2) is 0 Å². The van der Waals surface area contributed by atoms with Gasteiger partial charge in [0.05, 0.1) is 19.9 Å². The van der Waals surface area contributed by atoms with Crippen molar-refractivity contribution in [1.29, 1.82) is 0 Å². The first-order chi connectivity index (χ1) is 12.1. The highest BCUT2D eigenvalue weighted by atomic mass is 16.5. The molecule has 1 heterocycles. The number of aromatic nitrogens is 2. The highest BCUT2D eigenvalue weighted by Gasteiger charge is 2.20. The summed E-state index contributed by atoms with van der Waals surface area (Å²) in [4.78, 5) is 8.79. The van der Waals surface area contributed by atoms with Crippen LogP contribution in [0.4, 0.5) is 5.95 Å². The third-order valence-corrected chi connectivity index (χ3v) is 5.09. The number of rotatable bonds is 5. The number of benzene rings is 1. The normalized spacial score (nSPS) is 15.2. The average molecular weight is 341 g/mol. The van der Waals surface area contributed by atoms with Gasteiger partial charge in [-0.15, -0.1) is 0 Å². The van der Waals surface area contributed by atoms with Crippen molar-refractivity contribution < 1.29 is 9.47 Å². The van der Waals surface area contributed by atoms with Crippen LogP contribution in [0.15, 0.2) is 18.3 Å². The summed E-state index contributed by atoms with van der Waals surface area (Å²) in [5.74, 6) is 2.57. The molecule has 0 bridgehead atoms. The van der Waals surface area contributed by atoms with E-state index in [9.17, 15) is 0 Å². The minimum absolute atomic E-state index is 0.281. The van der Waals surface area contributed by atoms with Gasteiger partial charge in [-0.1, -0.05) is 32.1 Å². The maximum Gasteiger partial charge on any atom is 0.220 e. The number of nitrogens with zero attached hydrogens (tertiary/aromatic N) is 2. The summed E-state index contributed by atoms with van der Waals surface area (Å²) in [6, 6.07) is 3.97. The van der Waals surface area contributed by atoms with E-state index < -0.39 is 0 Å². The number of hydrogen-bond donors (Lipinski definition) is 1. The number of methoxy groups -OCH3 is 2. The first-order valence-corrected chi connectivity index (χ1v) is 8.96. The molecule has 0 aliphatic heterocycles. The van der Waals surface area contributed by atoms with E-state index >= 15 is 0 Å². The van der Waals surface area contributed by atoms with Crippen LogP contribution in [0.1, 0.15) is 43.2 Å². The first kappa shape index (κ1) is 17.5. The van der Waals surface area contributed by atoms with Gasteiger partial charge in [0, 0.05) is 11.8 Å². The zero-order valence-electron chi connectivity index (χ0n) is 15.3. The molecule has 5 nitrogen and oxygen atoms in total. The molecule has 1 saturated carbocycles. The van der Waals surface area contributed by atoms with Crippen molar-refractivity contribution in [2.45, 2.75) is 45.4 Å². The van der Waals surface area contributed by atoms with Crippen molar-refractivity contribution in [1.82, 2.24) is 9.97 Å². The molecule has 0 atom stereocenters. The first-order valence-electron chi connectivity index (χ1n) is 8.96. The van der Waals surface area contributed by atoms with E-state index in [-0.39, 0.29) is 5.95 Å². The van der Waals surface area contributed by atoms with E-state index in [4.69, 9.17) is 15.2 Å². The largest absolute Gasteiger partial charge is 0.496 e. The fourth-order valence-corrected chi connectivity index (χ4v) is 3.74. The number of nitrogen functional groups attached to an aromatic ring is 1. The van der Waals surface area contributed by atoms with Crippen LogP contribution >= 0.6 is 0 Å². The maximum atomic E-state index is 5.90. The summed E-state index contributed by atoms with van der Waals surface area (Å²) >= 11 is 0. The number of aryl methyl sites for hydroxylation is 1. The van der Waals surface area contributed by atoms with E-state index in [0.29, 0.717) is 5.92 Å². The predicted octanol–water partition coefficient (Wildman–Crippen LogP) is 4.17. The van der Waals surface area contributed by atoms with Crippen LogP contribution in [-0.2, 0) is 6.42 Å². The van der Waals surface area contributed by atoms with Crippen molar-refractivity contribution in [3.63, 3.8) is 0 Å². The van der Waals surface area contributed by atoms with Gasteiger partial charge >= 0.3 is 0 Å². The molecule has 25 heavy (non-hydrogen) atoms. The molecule has 0 spiro atoms. The number of nitrogens with two attached hydrogens (primary N) is 1. The van der Waals surface area contributed by atoms with Gasteiger partial charge < -0.3 is 15.2 Å². The van der Waals surface area contributed by atoms with Crippen LogP contribution in [0.5, 0.6) is 11.5 Å². The molecule has 3 rings (SSSR count). The Morgan fingerprint density at radius 1 is 1.08 bits per heavy atom. The second kappa shape index (κ2) is 7.72. The Morgan fingerprint density at radius 3 is 2.48 bits per heavy atom. The molecule has 0 amide bonds. The zero-order valence-corrected chi connectivity index (χ0v) is 15.3. The summed E-state index contributed by atoms with van der Waals surface area (Å²) in [6.45, 7) is 2.00. The van der Waals surface area contributed by atoms with Gasteiger partial charge in [-0.3, -0.25) is 0 Å². The molecule has 1 aliphatic rings. The minimum Gasteiger partial charge on any atom is -0.496 e. The van der Waals surface area contributed by atoms with E-state index in [1.165, 1.54) is 32.1 Å². The molecule has 0 unspecified atom stereocenters. The lowest BCUT2D eigenvalue weighted by molar-refractivity contribution is 0.356. The lowest BCUT2D eigenvalue weighted by atomic mass is 9.84. The minimum atomic E-state index is 0.281. The standard InChI is InChI=1S/C20H27N3O2/c1-13-9-18(25-3)16(11-17(13)24-2)19-15(12-22-20(21)23-19)10-14-7-5-4-6-8-14/h9,11-12,14H,4-8,10H2,1-3H3,(H2,21,22,23). The fourth-order valence-electron chi connectivity index (χ4n) is 3.74. The lowest BCUT2D eigenvalue weighted by Crippen LogP contribution is -2.11. The second-order valence-corrected chi connectivity index (χ2v) is 6.83. The van der Waals surface area contributed by atoms with Gasteiger partial charge in [0.2, 0.25) is 5.95 Å². The second-order valence-electron chi connectivity index (χ2n) is 6.83. The summed E-state index contributed by atoms with van der Waals surface area (Å²) in [7, 11) is 3.35. The van der Waals surface area contributed by atoms with E-state index in [2.05, 4.69) is 9.97 Å². The van der Waals surface area contributed by atoms with Crippen molar-refractivity contribution in [3.05, 3.63) is 29.5 Å². The molecular formula is C20H27N3O2. The Hall–Kier alpha value is -2.30. The highest BCUT2D eigenvalue weighted by molar-refractivity contribution is 5.73. The topological polar surface area (TPSA) is 70.3 Å². The van der Waals surface area contributed by atoms with Crippen LogP contribution in [0.25, 0.3) is 11.3 Å². The fraction of sp³-hybridized carbons (Fsp3) is 0.500. The summed E-state index contributed by atoms with van der Waals surface area (Å²) < 4.78 is 11.1. The third kappa shape index (κ3) is 3.86. The smallest absolute Gasteiger partial charge is 0.220 e. The number of hydrogen-bond acceptors (Lipinski definition) is 5. The van der Waals surface area contributed by atoms with E-state index in [0.717, 1.165) is 40.3 Å². The molecule has 2 aromatic rings. The van der Waals surface area contributed by atoms with Crippen LogP contribution < -0.4 is 15.2 Å². The average Bonchev–Trinajstić information content (AvgIpc) is 2.64. The van der Waals surface area contributed by atoms with Crippen molar-refractivity contribution in [2.75, 3.05) is 20.0 Å². The quantitative estimate of drug-likeness (QED) is 0.883. The van der Waals surface area contributed by atoms with Crippen molar-refractivity contribution in [2.24, 2.45) is 5.92 Å². The Labute approximate surface area is 149 Å². The highest BCUT2D eigenvalue weighted by Crippen LogP contribution is 2.38. The van der Waals surface area contributed by atoms with Crippen LogP contribution in [-0.4, -0.2) is 24.2 Å². The van der Waals surface area contributed by atoms with Crippen molar-refractivity contribution in [3.8, 4) is 22.8 Å². The van der Waals surface area contributed by atoms with Gasteiger partial charge in [-0.25, -0.2) is 9.97 Å². The van der Waals surface area contributed by atoms with Gasteiger partial charge in [-0.05, 0) is 42.5 Å². The molecule has 1 aromatic carbocycles. The Kier molecular flexibility index (Phi) is 5.41. The molecule has 1 aliphatic carbocycles. The Balaban J connectivity index is 2.05. The molecule has 0 radical (unpaired) electrons. The lowest BCUT2D eigenvalue weighted by Gasteiger charge is -2.23. The predicted molar refractivity (Wildman–Crippen MR) is 100 cm³/mol. The Bertz CT molecular complexity index is 740.